The lowest BCUT2D eigenvalue weighted by Crippen LogP contribution is -2.39. The van der Waals surface area contributed by atoms with Crippen molar-refractivity contribution >= 4 is 17.4 Å². The van der Waals surface area contributed by atoms with Crippen molar-refractivity contribution in [2.75, 3.05) is 5.32 Å². The second kappa shape index (κ2) is 3.61. The lowest BCUT2D eigenvalue weighted by molar-refractivity contribution is 0.168. The van der Waals surface area contributed by atoms with E-state index in [4.69, 9.17) is 16.3 Å². The maximum absolute atomic E-state index is 5.90. The molecule has 1 aromatic rings. The molecule has 1 aliphatic heterocycles. The van der Waals surface area contributed by atoms with Gasteiger partial charge in [0.05, 0.1) is 6.04 Å². The molecular formula is C9H12ClN3O. The van der Waals surface area contributed by atoms with Gasteiger partial charge in [-0.1, -0.05) is 18.5 Å². The van der Waals surface area contributed by atoms with Crippen LogP contribution in [0.5, 0.6) is 5.75 Å². The fourth-order valence-electron chi connectivity index (χ4n) is 1.56. The average molecular weight is 214 g/mol. The van der Waals surface area contributed by atoms with Gasteiger partial charge in [0.1, 0.15) is 12.4 Å². The van der Waals surface area contributed by atoms with E-state index in [2.05, 4.69) is 29.1 Å². The highest BCUT2D eigenvalue weighted by atomic mass is 35.5. The van der Waals surface area contributed by atoms with E-state index >= 15 is 0 Å². The van der Waals surface area contributed by atoms with Crippen LogP contribution in [0, 0.1) is 0 Å². The van der Waals surface area contributed by atoms with Gasteiger partial charge in [0.25, 0.3) is 0 Å². The highest BCUT2D eigenvalue weighted by molar-refractivity contribution is 6.31. The third-order valence-corrected chi connectivity index (χ3v) is 2.62. The average Bonchev–Trinajstić information content (AvgIpc) is 2.17. The Balaban J connectivity index is 2.36. The van der Waals surface area contributed by atoms with Crippen LogP contribution in [0.25, 0.3) is 0 Å². The second-order valence-corrected chi connectivity index (χ2v) is 3.70. The summed E-state index contributed by atoms with van der Waals surface area (Å²) in [6.45, 7) is 4.14. The molecule has 2 unspecified atom stereocenters. The number of aromatic nitrogens is 2. The van der Waals surface area contributed by atoms with Crippen molar-refractivity contribution in [2.24, 2.45) is 0 Å². The summed E-state index contributed by atoms with van der Waals surface area (Å²) in [5.41, 5.74) is 0. The third kappa shape index (κ3) is 1.50. The smallest absolute Gasteiger partial charge is 0.199 e. The summed E-state index contributed by atoms with van der Waals surface area (Å²) in [6, 6.07) is 0.249. The highest BCUT2D eigenvalue weighted by Gasteiger charge is 2.27. The van der Waals surface area contributed by atoms with E-state index in [1.807, 2.05) is 0 Å². The lowest BCUT2D eigenvalue weighted by atomic mass is 10.1. The zero-order valence-corrected chi connectivity index (χ0v) is 8.88. The number of ether oxygens (including phenoxy) is 1. The minimum absolute atomic E-state index is 0.131. The molecule has 0 bridgehead atoms. The zero-order valence-electron chi connectivity index (χ0n) is 8.12. The minimum atomic E-state index is 0.131. The first-order chi connectivity index (χ1) is 6.72. The number of nitrogens with zero attached hydrogens (tertiary/aromatic N) is 2. The SMILES string of the molecule is CCC1Oc2c(Cl)ncnc2NC1C. The number of fused-ring (bicyclic) bond motifs is 1. The normalized spacial score (nSPS) is 24.8. The van der Waals surface area contributed by atoms with Crippen LogP contribution in [0.15, 0.2) is 6.33 Å². The van der Waals surface area contributed by atoms with Crippen LogP contribution in [0.1, 0.15) is 20.3 Å². The number of nitrogens with one attached hydrogen (secondary N) is 1. The second-order valence-electron chi connectivity index (χ2n) is 3.34. The summed E-state index contributed by atoms with van der Waals surface area (Å²) in [4.78, 5) is 7.94. The van der Waals surface area contributed by atoms with Gasteiger partial charge in [0.2, 0.25) is 0 Å². The van der Waals surface area contributed by atoms with Gasteiger partial charge in [-0.15, -0.1) is 0 Å². The van der Waals surface area contributed by atoms with Gasteiger partial charge >= 0.3 is 0 Å². The van der Waals surface area contributed by atoms with Crippen LogP contribution in [-0.4, -0.2) is 22.1 Å². The molecule has 0 saturated heterocycles. The molecule has 2 atom stereocenters. The Morgan fingerprint density at radius 2 is 2.36 bits per heavy atom. The van der Waals surface area contributed by atoms with Gasteiger partial charge in [0.15, 0.2) is 16.7 Å². The van der Waals surface area contributed by atoms with Crippen LogP contribution in [-0.2, 0) is 0 Å². The molecule has 0 amide bonds. The molecule has 14 heavy (non-hydrogen) atoms. The standard InChI is InChI=1S/C9H12ClN3O/c1-3-6-5(2)13-9-7(14-6)8(10)11-4-12-9/h4-6H,3H2,1-2H3,(H,11,12,13). The quantitative estimate of drug-likeness (QED) is 0.726. The van der Waals surface area contributed by atoms with E-state index in [1.54, 1.807) is 0 Å². The Labute approximate surface area is 87.7 Å². The van der Waals surface area contributed by atoms with E-state index in [1.165, 1.54) is 6.33 Å². The molecule has 2 rings (SSSR count). The van der Waals surface area contributed by atoms with Gasteiger partial charge in [-0.05, 0) is 13.3 Å². The molecule has 1 aliphatic rings. The molecule has 1 aromatic heterocycles. The molecule has 1 N–H and O–H groups in total. The number of anilines is 1. The summed E-state index contributed by atoms with van der Waals surface area (Å²) >= 11 is 5.90. The van der Waals surface area contributed by atoms with E-state index in [-0.39, 0.29) is 12.1 Å². The lowest BCUT2D eigenvalue weighted by Gasteiger charge is -2.31. The van der Waals surface area contributed by atoms with E-state index in [9.17, 15) is 0 Å². The Morgan fingerprint density at radius 1 is 1.57 bits per heavy atom. The van der Waals surface area contributed by atoms with Gasteiger partial charge < -0.3 is 10.1 Å². The maximum atomic E-state index is 5.90. The van der Waals surface area contributed by atoms with E-state index < -0.39 is 0 Å². The fourth-order valence-corrected chi connectivity index (χ4v) is 1.74. The van der Waals surface area contributed by atoms with Crippen molar-refractivity contribution in [3.63, 3.8) is 0 Å². The number of rotatable bonds is 1. The van der Waals surface area contributed by atoms with Crippen LogP contribution < -0.4 is 10.1 Å². The molecule has 0 radical (unpaired) electrons. The van der Waals surface area contributed by atoms with Crippen LogP contribution in [0.3, 0.4) is 0 Å². The Hall–Kier alpha value is -1.03. The van der Waals surface area contributed by atoms with Crippen molar-refractivity contribution < 1.29 is 4.74 Å². The van der Waals surface area contributed by atoms with Gasteiger partial charge in [-0.25, -0.2) is 9.97 Å². The molecule has 0 aliphatic carbocycles. The summed E-state index contributed by atoms with van der Waals surface area (Å²) in [5.74, 6) is 1.25. The summed E-state index contributed by atoms with van der Waals surface area (Å²) in [7, 11) is 0. The van der Waals surface area contributed by atoms with Crippen LogP contribution >= 0.6 is 11.6 Å². The van der Waals surface area contributed by atoms with E-state index in [0.29, 0.717) is 16.7 Å². The molecule has 4 nitrogen and oxygen atoms in total. The first kappa shape index (κ1) is 9.52. The largest absolute Gasteiger partial charge is 0.481 e. The van der Waals surface area contributed by atoms with Crippen molar-refractivity contribution in [3.8, 4) is 5.75 Å². The predicted octanol–water partition coefficient (Wildman–Crippen LogP) is 2.10. The molecule has 0 saturated carbocycles. The molecule has 0 fully saturated rings. The number of hydrogen-bond acceptors (Lipinski definition) is 4. The van der Waals surface area contributed by atoms with Gasteiger partial charge in [0, 0.05) is 0 Å². The minimum Gasteiger partial charge on any atom is -0.481 e. The Bertz CT molecular complexity index is 345. The zero-order chi connectivity index (χ0) is 10.1. The predicted molar refractivity (Wildman–Crippen MR) is 54.8 cm³/mol. The van der Waals surface area contributed by atoms with Crippen molar-refractivity contribution in [1.82, 2.24) is 9.97 Å². The van der Waals surface area contributed by atoms with Crippen LogP contribution in [0.2, 0.25) is 5.15 Å². The first-order valence-corrected chi connectivity index (χ1v) is 5.04. The maximum Gasteiger partial charge on any atom is 0.199 e. The molecule has 0 spiro atoms. The number of hydrogen-bond donors (Lipinski definition) is 1. The van der Waals surface area contributed by atoms with Crippen LogP contribution in [0.4, 0.5) is 5.82 Å². The van der Waals surface area contributed by atoms with E-state index in [0.717, 1.165) is 6.42 Å². The molecule has 76 valence electrons. The van der Waals surface area contributed by atoms with Crippen molar-refractivity contribution in [2.45, 2.75) is 32.4 Å². The third-order valence-electron chi connectivity index (χ3n) is 2.35. The molecule has 0 aromatic carbocycles. The first-order valence-electron chi connectivity index (χ1n) is 4.66. The molecular weight excluding hydrogens is 202 g/mol. The van der Waals surface area contributed by atoms with Crippen molar-refractivity contribution in [1.29, 1.82) is 0 Å². The summed E-state index contributed by atoms with van der Waals surface area (Å²) in [5, 5.41) is 3.61. The van der Waals surface area contributed by atoms with Gasteiger partial charge in [-0.3, -0.25) is 0 Å². The molecule has 5 heteroatoms. The summed E-state index contributed by atoms with van der Waals surface area (Å²) < 4.78 is 5.70. The van der Waals surface area contributed by atoms with Gasteiger partial charge in [-0.2, -0.15) is 0 Å². The summed E-state index contributed by atoms with van der Waals surface area (Å²) in [6.07, 6.45) is 2.49. The highest BCUT2D eigenvalue weighted by Crippen LogP contribution is 2.34. The Morgan fingerprint density at radius 3 is 3.07 bits per heavy atom. The molecule has 2 heterocycles. The Kier molecular flexibility index (Phi) is 2.46. The topological polar surface area (TPSA) is 47.0 Å². The van der Waals surface area contributed by atoms with Crippen molar-refractivity contribution in [3.05, 3.63) is 11.5 Å². The fraction of sp³-hybridized carbons (Fsp3) is 0.556. The number of halogens is 1. The monoisotopic (exact) mass is 213 g/mol.